The summed E-state index contributed by atoms with van der Waals surface area (Å²) in [7, 11) is 0. The molecule has 0 unspecified atom stereocenters. The summed E-state index contributed by atoms with van der Waals surface area (Å²) in [6.45, 7) is 4.19. The first kappa shape index (κ1) is 13.2. The van der Waals surface area contributed by atoms with Crippen molar-refractivity contribution in [1.82, 2.24) is 15.0 Å². The molecular weight excluding hydrogens is 294 g/mol. The molecule has 0 saturated carbocycles. The fourth-order valence-corrected chi connectivity index (χ4v) is 3.55. The lowest BCUT2D eigenvalue weighted by atomic mass is 10.0. The highest BCUT2D eigenvalue weighted by Crippen LogP contribution is 2.31. The predicted octanol–water partition coefficient (Wildman–Crippen LogP) is 3.82. The molecular formula is C17H13N3OS. The molecule has 0 bridgehead atoms. The van der Waals surface area contributed by atoms with Crippen LogP contribution in [-0.2, 0) is 0 Å². The maximum atomic E-state index is 11.9. The lowest BCUT2D eigenvalue weighted by molar-refractivity contribution is 1.18. The molecule has 0 saturated heterocycles. The number of aromatic amines is 1. The lowest BCUT2D eigenvalue weighted by Crippen LogP contribution is -2.03. The van der Waals surface area contributed by atoms with Crippen molar-refractivity contribution in [1.29, 1.82) is 0 Å². The second-order valence-corrected chi connectivity index (χ2v) is 6.36. The molecule has 22 heavy (non-hydrogen) atoms. The monoisotopic (exact) mass is 307 g/mol. The highest BCUT2D eigenvalue weighted by atomic mass is 32.1. The first-order valence-electron chi connectivity index (χ1n) is 6.98. The fraction of sp³-hybridized carbons (Fsp3) is 0.118. The van der Waals surface area contributed by atoms with E-state index in [9.17, 15) is 4.79 Å². The number of hydrogen-bond donors (Lipinski definition) is 1. The van der Waals surface area contributed by atoms with Gasteiger partial charge in [-0.2, -0.15) is 0 Å². The van der Waals surface area contributed by atoms with E-state index in [1.807, 2.05) is 12.1 Å². The van der Waals surface area contributed by atoms with Crippen molar-refractivity contribution in [2.75, 3.05) is 0 Å². The van der Waals surface area contributed by atoms with Gasteiger partial charge in [-0.3, -0.25) is 4.79 Å². The van der Waals surface area contributed by atoms with Gasteiger partial charge < -0.3 is 4.98 Å². The minimum Gasteiger partial charge on any atom is -0.312 e. The van der Waals surface area contributed by atoms with E-state index in [4.69, 9.17) is 4.98 Å². The van der Waals surface area contributed by atoms with Crippen molar-refractivity contribution in [2.45, 2.75) is 13.8 Å². The number of aryl methyl sites for hydroxylation is 2. The average molecular weight is 307 g/mol. The van der Waals surface area contributed by atoms with E-state index in [-0.39, 0.29) is 5.56 Å². The zero-order valence-corrected chi connectivity index (χ0v) is 13.0. The van der Waals surface area contributed by atoms with Crippen LogP contribution in [0.5, 0.6) is 0 Å². The second kappa shape index (κ2) is 4.74. The van der Waals surface area contributed by atoms with Gasteiger partial charge in [-0.1, -0.05) is 12.1 Å². The van der Waals surface area contributed by atoms with Crippen LogP contribution in [0.4, 0.5) is 0 Å². The first-order chi connectivity index (χ1) is 10.6. The van der Waals surface area contributed by atoms with E-state index in [2.05, 4.69) is 42.0 Å². The summed E-state index contributed by atoms with van der Waals surface area (Å²) in [5, 5.41) is 0.929. The zero-order chi connectivity index (χ0) is 15.3. The van der Waals surface area contributed by atoms with Crippen LogP contribution in [0.15, 0.2) is 41.5 Å². The molecule has 0 fully saturated rings. The third kappa shape index (κ3) is 1.94. The van der Waals surface area contributed by atoms with Crippen LogP contribution in [0.3, 0.4) is 0 Å². The van der Waals surface area contributed by atoms with Gasteiger partial charge in [0.15, 0.2) is 0 Å². The van der Waals surface area contributed by atoms with Gasteiger partial charge in [-0.25, -0.2) is 9.97 Å². The Morgan fingerprint density at radius 3 is 2.77 bits per heavy atom. The van der Waals surface area contributed by atoms with Crippen molar-refractivity contribution < 1.29 is 0 Å². The molecule has 0 amide bonds. The Balaban J connectivity index is 1.97. The fourth-order valence-electron chi connectivity index (χ4n) is 2.53. The summed E-state index contributed by atoms with van der Waals surface area (Å²) in [6, 6.07) is 10.3. The highest BCUT2D eigenvalue weighted by Gasteiger charge is 2.11. The molecule has 4 aromatic rings. The van der Waals surface area contributed by atoms with Crippen LogP contribution in [0.25, 0.3) is 31.7 Å². The van der Waals surface area contributed by atoms with E-state index >= 15 is 0 Å². The molecule has 4 rings (SSSR count). The first-order valence-corrected chi connectivity index (χ1v) is 7.80. The molecule has 3 aromatic heterocycles. The number of fused-ring (bicyclic) bond motifs is 3. The van der Waals surface area contributed by atoms with Crippen LogP contribution in [0, 0.1) is 13.8 Å². The van der Waals surface area contributed by atoms with Gasteiger partial charge in [0.25, 0.3) is 5.56 Å². The standard InChI is InChI=1S/C17H13N3OS/c1-9-3-4-11(7-10(9)2)13-6-5-12-14-15(22-17(12)20-13)16(21)19-8-18-14/h3-8H,1-2H3,(H,18,19,21). The number of nitrogens with zero attached hydrogens (tertiary/aromatic N) is 2. The summed E-state index contributed by atoms with van der Waals surface area (Å²) in [5.41, 5.74) is 5.13. The van der Waals surface area contributed by atoms with Crippen LogP contribution >= 0.6 is 11.3 Å². The normalized spacial score (nSPS) is 11.4. The third-order valence-corrected chi connectivity index (χ3v) is 5.01. The number of rotatable bonds is 1. The van der Waals surface area contributed by atoms with Gasteiger partial charge in [0, 0.05) is 10.9 Å². The minimum absolute atomic E-state index is 0.110. The van der Waals surface area contributed by atoms with E-state index in [0.717, 1.165) is 27.0 Å². The van der Waals surface area contributed by atoms with Crippen LogP contribution in [0.1, 0.15) is 11.1 Å². The summed E-state index contributed by atoms with van der Waals surface area (Å²) in [4.78, 5) is 24.3. The summed E-state index contributed by atoms with van der Waals surface area (Å²) < 4.78 is 0.627. The van der Waals surface area contributed by atoms with Gasteiger partial charge in [0.2, 0.25) is 0 Å². The Bertz CT molecular complexity index is 1080. The third-order valence-electron chi connectivity index (χ3n) is 3.93. The Morgan fingerprint density at radius 1 is 1.09 bits per heavy atom. The van der Waals surface area contributed by atoms with E-state index in [0.29, 0.717) is 4.70 Å². The maximum absolute atomic E-state index is 11.9. The number of hydrogen-bond acceptors (Lipinski definition) is 4. The Kier molecular flexibility index (Phi) is 2.84. The van der Waals surface area contributed by atoms with E-state index in [1.165, 1.54) is 28.8 Å². The van der Waals surface area contributed by atoms with E-state index in [1.54, 1.807) is 0 Å². The molecule has 0 radical (unpaired) electrons. The molecule has 0 aliphatic carbocycles. The molecule has 0 spiro atoms. The quantitative estimate of drug-likeness (QED) is 0.581. The highest BCUT2D eigenvalue weighted by molar-refractivity contribution is 7.25. The SMILES string of the molecule is Cc1ccc(-c2ccc3c(n2)sc2c(=O)[nH]cnc23)cc1C. The van der Waals surface area contributed by atoms with Gasteiger partial charge in [-0.05, 0) is 43.2 Å². The number of H-pyrrole nitrogens is 1. The van der Waals surface area contributed by atoms with Crippen molar-refractivity contribution in [2.24, 2.45) is 0 Å². The molecule has 108 valence electrons. The number of aromatic nitrogens is 3. The molecule has 1 N–H and O–H groups in total. The van der Waals surface area contributed by atoms with E-state index < -0.39 is 0 Å². The largest absolute Gasteiger partial charge is 0.312 e. The van der Waals surface area contributed by atoms with Crippen LogP contribution in [-0.4, -0.2) is 15.0 Å². The Labute approximate surface area is 130 Å². The molecule has 5 heteroatoms. The van der Waals surface area contributed by atoms with Gasteiger partial charge >= 0.3 is 0 Å². The second-order valence-electron chi connectivity index (χ2n) is 5.36. The van der Waals surface area contributed by atoms with Crippen molar-refractivity contribution in [3.63, 3.8) is 0 Å². The van der Waals surface area contributed by atoms with Gasteiger partial charge in [0.1, 0.15) is 9.53 Å². The molecule has 1 aromatic carbocycles. The summed E-state index contributed by atoms with van der Waals surface area (Å²) in [5.74, 6) is 0. The number of benzene rings is 1. The number of pyridine rings is 1. The van der Waals surface area contributed by atoms with Crippen molar-refractivity contribution in [3.8, 4) is 11.3 Å². The van der Waals surface area contributed by atoms with Crippen molar-refractivity contribution in [3.05, 3.63) is 58.1 Å². The predicted molar refractivity (Wildman–Crippen MR) is 90.5 cm³/mol. The molecule has 3 heterocycles. The molecule has 0 atom stereocenters. The maximum Gasteiger partial charge on any atom is 0.268 e. The van der Waals surface area contributed by atoms with Gasteiger partial charge in [-0.15, -0.1) is 11.3 Å². The molecule has 0 aliphatic rings. The molecule has 4 nitrogen and oxygen atoms in total. The Morgan fingerprint density at radius 2 is 1.95 bits per heavy atom. The summed E-state index contributed by atoms with van der Waals surface area (Å²) >= 11 is 1.39. The smallest absolute Gasteiger partial charge is 0.268 e. The molecule has 0 aliphatic heterocycles. The van der Waals surface area contributed by atoms with Crippen LogP contribution in [0.2, 0.25) is 0 Å². The van der Waals surface area contributed by atoms with Gasteiger partial charge in [0.05, 0.1) is 17.5 Å². The number of thiophene rings is 1. The average Bonchev–Trinajstić information content (AvgIpc) is 2.89. The van der Waals surface area contributed by atoms with Crippen LogP contribution < -0.4 is 5.56 Å². The summed E-state index contributed by atoms with van der Waals surface area (Å²) in [6.07, 6.45) is 1.44. The number of nitrogens with one attached hydrogen (secondary N) is 1. The minimum atomic E-state index is -0.110. The Hall–Kier alpha value is -2.53. The topological polar surface area (TPSA) is 58.6 Å². The lowest BCUT2D eigenvalue weighted by Gasteiger charge is -2.04. The van der Waals surface area contributed by atoms with Crippen molar-refractivity contribution >= 4 is 31.8 Å². The zero-order valence-electron chi connectivity index (χ0n) is 12.2.